The highest BCUT2D eigenvalue weighted by molar-refractivity contribution is 9.10. The fraction of sp³-hybridized carbons (Fsp3) is 0.286. The average molecular weight is 338 g/mol. The molecule has 0 spiro atoms. The molecule has 1 aromatic rings. The molecule has 0 saturated heterocycles. The molecule has 5 nitrogen and oxygen atoms in total. The van der Waals surface area contributed by atoms with Crippen molar-refractivity contribution in [3.63, 3.8) is 0 Å². The zero-order valence-electron chi connectivity index (χ0n) is 11.3. The van der Waals surface area contributed by atoms with Crippen LogP contribution in [0.3, 0.4) is 0 Å². The van der Waals surface area contributed by atoms with Gasteiger partial charge in [0.1, 0.15) is 6.04 Å². The topological polar surface area (TPSA) is 76.7 Å². The number of allylic oxidation sites excluding steroid dienone is 1. The molecule has 2 rings (SSSR count). The van der Waals surface area contributed by atoms with Crippen LogP contribution >= 0.6 is 15.9 Å². The van der Waals surface area contributed by atoms with E-state index in [9.17, 15) is 4.79 Å². The Morgan fingerprint density at radius 3 is 2.70 bits per heavy atom. The summed E-state index contributed by atoms with van der Waals surface area (Å²) in [5.74, 6) is -0.0786. The molecule has 0 aromatic heterocycles. The number of nitrogens with one attached hydrogen (secondary N) is 1. The molecular weight excluding hydrogens is 322 g/mol. The number of esters is 1. The number of ether oxygens (including phenoxy) is 1. The Kier molecular flexibility index (Phi) is 4.44. The maximum absolute atomic E-state index is 12.1. The molecule has 1 aromatic carbocycles. The largest absolute Gasteiger partial charge is 0.463 e. The van der Waals surface area contributed by atoms with Crippen molar-refractivity contribution in [1.29, 1.82) is 0 Å². The van der Waals surface area contributed by atoms with E-state index in [1.54, 1.807) is 13.8 Å². The minimum absolute atomic E-state index is 0.295. The van der Waals surface area contributed by atoms with Crippen molar-refractivity contribution in [1.82, 2.24) is 5.32 Å². The Morgan fingerprint density at radius 1 is 1.45 bits per heavy atom. The number of rotatable bonds is 3. The molecule has 1 heterocycles. The number of hydrogen-bond acceptors (Lipinski definition) is 5. The highest BCUT2D eigenvalue weighted by Crippen LogP contribution is 2.31. The Morgan fingerprint density at radius 2 is 2.10 bits per heavy atom. The van der Waals surface area contributed by atoms with Gasteiger partial charge in [-0.2, -0.15) is 0 Å². The van der Waals surface area contributed by atoms with Crippen molar-refractivity contribution in [2.75, 3.05) is 6.61 Å². The van der Waals surface area contributed by atoms with Crippen LogP contribution in [0.15, 0.2) is 45.0 Å². The zero-order chi connectivity index (χ0) is 14.7. The maximum atomic E-state index is 12.1. The molecule has 0 saturated carbocycles. The van der Waals surface area contributed by atoms with E-state index in [4.69, 9.17) is 10.5 Å². The number of nitrogens with two attached hydrogens (primary N) is 1. The van der Waals surface area contributed by atoms with Gasteiger partial charge in [-0.15, -0.1) is 0 Å². The maximum Gasteiger partial charge on any atom is 0.338 e. The molecule has 0 amide bonds. The van der Waals surface area contributed by atoms with Gasteiger partial charge in [-0.25, -0.2) is 9.79 Å². The van der Waals surface area contributed by atoms with Crippen LogP contribution in [-0.4, -0.2) is 18.5 Å². The summed E-state index contributed by atoms with van der Waals surface area (Å²) in [4.78, 5) is 16.5. The second-order valence-corrected chi connectivity index (χ2v) is 5.27. The smallest absolute Gasteiger partial charge is 0.338 e. The van der Waals surface area contributed by atoms with Crippen LogP contribution in [0.1, 0.15) is 25.5 Å². The molecule has 0 fully saturated rings. The highest BCUT2D eigenvalue weighted by atomic mass is 79.9. The molecule has 20 heavy (non-hydrogen) atoms. The van der Waals surface area contributed by atoms with Crippen molar-refractivity contribution >= 4 is 27.9 Å². The SMILES string of the molecule is CCOC(=O)C1=C(C)NC(N)=N[C@H]1c1ccc(Br)cc1. The third-order valence-corrected chi connectivity index (χ3v) is 3.47. The van der Waals surface area contributed by atoms with Gasteiger partial charge in [0.2, 0.25) is 0 Å². The third kappa shape index (κ3) is 3.01. The normalized spacial score (nSPS) is 18.4. The van der Waals surface area contributed by atoms with E-state index in [1.807, 2.05) is 24.3 Å². The molecule has 106 valence electrons. The van der Waals surface area contributed by atoms with Gasteiger partial charge in [0.15, 0.2) is 5.96 Å². The first-order valence-electron chi connectivity index (χ1n) is 6.26. The van der Waals surface area contributed by atoms with Crippen molar-refractivity contribution in [2.45, 2.75) is 19.9 Å². The second-order valence-electron chi connectivity index (χ2n) is 4.35. The standard InChI is InChI=1S/C14H16BrN3O2/c1-3-20-13(19)11-8(2)17-14(16)18-12(11)9-4-6-10(15)7-5-9/h4-7,12H,3H2,1-2H3,(H3,16,17,18)/t12-/m0/s1. The van der Waals surface area contributed by atoms with Gasteiger partial charge in [0.25, 0.3) is 0 Å². The molecule has 0 radical (unpaired) electrons. The minimum Gasteiger partial charge on any atom is -0.463 e. The number of guanidine groups is 1. The molecule has 1 aliphatic heterocycles. The first-order valence-corrected chi connectivity index (χ1v) is 7.06. The lowest BCUT2D eigenvalue weighted by atomic mass is 9.96. The lowest BCUT2D eigenvalue weighted by Crippen LogP contribution is -2.37. The molecule has 0 bridgehead atoms. The first kappa shape index (κ1) is 14.6. The fourth-order valence-corrected chi connectivity index (χ4v) is 2.32. The number of aliphatic imine (C=N–C) groups is 1. The Balaban J connectivity index is 2.42. The van der Waals surface area contributed by atoms with Crippen molar-refractivity contribution in [3.05, 3.63) is 45.6 Å². The van der Waals surface area contributed by atoms with Crippen molar-refractivity contribution in [3.8, 4) is 0 Å². The number of carbonyl (C=O) groups excluding carboxylic acids is 1. The van der Waals surface area contributed by atoms with E-state index in [-0.39, 0.29) is 5.97 Å². The van der Waals surface area contributed by atoms with E-state index in [0.29, 0.717) is 23.8 Å². The molecule has 3 N–H and O–H groups in total. The molecule has 0 aliphatic carbocycles. The molecule has 1 aliphatic rings. The molecule has 6 heteroatoms. The highest BCUT2D eigenvalue weighted by Gasteiger charge is 2.29. The number of carbonyl (C=O) groups is 1. The number of nitrogens with zero attached hydrogens (tertiary/aromatic N) is 1. The van der Waals surface area contributed by atoms with Gasteiger partial charge < -0.3 is 15.8 Å². The van der Waals surface area contributed by atoms with E-state index >= 15 is 0 Å². The average Bonchev–Trinajstić information content (AvgIpc) is 2.38. The predicted octanol–water partition coefficient (Wildman–Crippen LogP) is 2.25. The first-order chi connectivity index (χ1) is 9.52. The summed E-state index contributed by atoms with van der Waals surface area (Å²) in [6, 6.07) is 7.18. The predicted molar refractivity (Wildman–Crippen MR) is 81.0 cm³/mol. The van der Waals surface area contributed by atoms with E-state index in [0.717, 1.165) is 10.0 Å². The van der Waals surface area contributed by atoms with Crippen molar-refractivity contribution < 1.29 is 9.53 Å². The third-order valence-electron chi connectivity index (χ3n) is 2.94. The molecule has 1 atom stereocenters. The summed E-state index contributed by atoms with van der Waals surface area (Å²) >= 11 is 3.39. The van der Waals surface area contributed by atoms with Crippen LogP contribution in [0.2, 0.25) is 0 Å². The summed E-state index contributed by atoms with van der Waals surface area (Å²) in [5, 5.41) is 2.88. The van der Waals surface area contributed by atoms with E-state index in [1.165, 1.54) is 0 Å². The summed E-state index contributed by atoms with van der Waals surface area (Å²) < 4.78 is 6.07. The van der Waals surface area contributed by atoms with Gasteiger partial charge in [-0.05, 0) is 31.5 Å². The van der Waals surface area contributed by atoms with Gasteiger partial charge in [0, 0.05) is 10.2 Å². The Labute approximate surface area is 126 Å². The van der Waals surface area contributed by atoms with Gasteiger partial charge in [-0.1, -0.05) is 28.1 Å². The van der Waals surface area contributed by atoms with Crippen LogP contribution in [0.25, 0.3) is 0 Å². The number of hydrogen-bond donors (Lipinski definition) is 2. The van der Waals surface area contributed by atoms with E-state index < -0.39 is 6.04 Å². The second kappa shape index (κ2) is 6.09. The molecular formula is C14H16BrN3O2. The molecule has 0 unspecified atom stereocenters. The van der Waals surface area contributed by atoms with Gasteiger partial charge in [0.05, 0.1) is 12.2 Å². The minimum atomic E-state index is -0.441. The lowest BCUT2D eigenvalue weighted by molar-refractivity contribution is -0.138. The van der Waals surface area contributed by atoms with E-state index in [2.05, 4.69) is 26.2 Å². The van der Waals surface area contributed by atoms with Crippen LogP contribution in [-0.2, 0) is 9.53 Å². The lowest BCUT2D eigenvalue weighted by Gasteiger charge is -2.24. The number of halogens is 1. The van der Waals surface area contributed by atoms with Gasteiger partial charge >= 0.3 is 5.97 Å². The van der Waals surface area contributed by atoms with Crippen LogP contribution < -0.4 is 11.1 Å². The summed E-state index contributed by atoms with van der Waals surface area (Å²) in [6.07, 6.45) is 0. The van der Waals surface area contributed by atoms with Crippen LogP contribution in [0.5, 0.6) is 0 Å². The Bertz CT molecular complexity index is 579. The number of benzene rings is 1. The van der Waals surface area contributed by atoms with Gasteiger partial charge in [-0.3, -0.25) is 0 Å². The summed E-state index contributed by atoms with van der Waals surface area (Å²) in [6.45, 7) is 3.89. The zero-order valence-corrected chi connectivity index (χ0v) is 12.9. The van der Waals surface area contributed by atoms with Crippen LogP contribution in [0.4, 0.5) is 0 Å². The van der Waals surface area contributed by atoms with Crippen molar-refractivity contribution in [2.24, 2.45) is 10.7 Å². The monoisotopic (exact) mass is 337 g/mol. The summed E-state index contributed by atoms with van der Waals surface area (Å²) in [5.41, 5.74) is 7.81. The Hall–Kier alpha value is -1.82. The van der Waals surface area contributed by atoms with Crippen LogP contribution in [0, 0.1) is 0 Å². The quantitative estimate of drug-likeness (QED) is 0.829. The fourth-order valence-electron chi connectivity index (χ4n) is 2.06. The summed E-state index contributed by atoms with van der Waals surface area (Å²) in [7, 11) is 0.